The first-order valence-corrected chi connectivity index (χ1v) is 7.36. The van der Waals surface area contributed by atoms with Crippen molar-refractivity contribution >= 4 is 0 Å². The molecule has 0 heterocycles. The van der Waals surface area contributed by atoms with Crippen LogP contribution in [0.1, 0.15) is 67.2 Å². The molecule has 0 saturated carbocycles. The largest absolute Gasteiger partial charge is 0.310 e. The molecule has 0 aromatic rings. The molecule has 0 amide bonds. The van der Waals surface area contributed by atoms with Gasteiger partial charge in [0.25, 0.3) is 0 Å². The second kappa shape index (κ2) is 9.70. The lowest BCUT2D eigenvalue weighted by molar-refractivity contribution is 0.360. The molecule has 0 fully saturated rings. The Hall–Kier alpha value is -0.300. The lowest BCUT2D eigenvalue weighted by Gasteiger charge is -2.22. The highest BCUT2D eigenvalue weighted by Crippen LogP contribution is 2.17. The average Bonchev–Trinajstić information content (AvgIpc) is 2.34. The topological polar surface area (TPSA) is 12.0 Å². The molecule has 0 rings (SSSR count). The molecule has 1 nitrogen and oxygen atoms in total. The molecule has 1 heteroatoms. The molecule has 0 aliphatic heterocycles. The van der Waals surface area contributed by atoms with Gasteiger partial charge < -0.3 is 5.32 Å². The molecule has 102 valence electrons. The first-order valence-electron chi connectivity index (χ1n) is 7.36. The molecule has 0 spiro atoms. The van der Waals surface area contributed by atoms with Gasteiger partial charge in [0.2, 0.25) is 0 Å². The van der Waals surface area contributed by atoms with Crippen LogP contribution in [0, 0.1) is 11.8 Å². The third-order valence-electron chi connectivity index (χ3n) is 4.10. The van der Waals surface area contributed by atoms with Crippen LogP contribution in [0.2, 0.25) is 0 Å². The molecule has 3 unspecified atom stereocenters. The number of allylic oxidation sites excluding steroid dienone is 1. The zero-order chi connectivity index (χ0) is 13.3. The average molecular weight is 239 g/mol. The second-order valence-electron chi connectivity index (χ2n) is 5.73. The molecule has 0 aromatic heterocycles. The summed E-state index contributed by atoms with van der Waals surface area (Å²) >= 11 is 0. The van der Waals surface area contributed by atoms with Crippen molar-refractivity contribution < 1.29 is 0 Å². The van der Waals surface area contributed by atoms with E-state index in [1.165, 1.54) is 31.3 Å². The van der Waals surface area contributed by atoms with Gasteiger partial charge in [0, 0.05) is 12.6 Å². The summed E-state index contributed by atoms with van der Waals surface area (Å²) < 4.78 is 0. The van der Waals surface area contributed by atoms with Crippen LogP contribution >= 0.6 is 0 Å². The highest BCUT2D eigenvalue weighted by atomic mass is 14.9. The van der Waals surface area contributed by atoms with Crippen LogP contribution in [0.5, 0.6) is 0 Å². The third kappa shape index (κ3) is 8.43. The summed E-state index contributed by atoms with van der Waals surface area (Å²) in [6.45, 7) is 14.7. The Kier molecular flexibility index (Phi) is 9.53. The van der Waals surface area contributed by atoms with Crippen molar-refractivity contribution in [2.24, 2.45) is 11.8 Å². The maximum Gasteiger partial charge on any atom is 0.0164 e. The summed E-state index contributed by atoms with van der Waals surface area (Å²) in [5, 5.41) is 3.62. The maximum atomic E-state index is 3.62. The van der Waals surface area contributed by atoms with Gasteiger partial charge >= 0.3 is 0 Å². The first kappa shape index (κ1) is 16.7. The summed E-state index contributed by atoms with van der Waals surface area (Å²) in [5.74, 6) is 1.68. The molecule has 0 bridgehead atoms. The van der Waals surface area contributed by atoms with E-state index >= 15 is 0 Å². The predicted octanol–water partition coefficient (Wildman–Crippen LogP) is 4.78. The zero-order valence-corrected chi connectivity index (χ0v) is 12.8. The minimum atomic E-state index is 0.627. The monoisotopic (exact) mass is 239 g/mol. The quantitative estimate of drug-likeness (QED) is 0.571. The molecular formula is C16H33N. The third-order valence-corrected chi connectivity index (χ3v) is 4.10. The van der Waals surface area contributed by atoms with Crippen LogP contribution in [-0.4, -0.2) is 12.6 Å². The van der Waals surface area contributed by atoms with Crippen LogP contribution in [0.4, 0.5) is 0 Å². The van der Waals surface area contributed by atoms with Gasteiger partial charge in [-0.3, -0.25) is 0 Å². The van der Waals surface area contributed by atoms with E-state index in [1.807, 2.05) is 0 Å². The molecule has 0 aliphatic carbocycles. The highest BCUT2D eigenvalue weighted by Gasteiger charge is 2.11. The van der Waals surface area contributed by atoms with E-state index in [0.717, 1.165) is 18.4 Å². The van der Waals surface area contributed by atoms with E-state index in [1.54, 1.807) is 0 Å². The Morgan fingerprint density at radius 1 is 1.18 bits per heavy atom. The van der Waals surface area contributed by atoms with Gasteiger partial charge in [0.15, 0.2) is 0 Å². The van der Waals surface area contributed by atoms with E-state index in [9.17, 15) is 0 Å². The first-order chi connectivity index (χ1) is 8.01. The zero-order valence-electron chi connectivity index (χ0n) is 12.8. The number of hydrogen-bond donors (Lipinski definition) is 1. The van der Waals surface area contributed by atoms with Crippen molar-refractivity contribution in [3.63, 3.8) is 0 Å². The maximum absolute atomic E-state index is 3.62. The van der Waals surface area contributed by atoms with Crippen molar-refractivity contribution in [1.29, 1.82) is 0 Å². The molecule has 0 aromatic carbocycles. The van der Waals surface area contributed by atoms with E-state index in [-0.39, 0.29) is 0 Å². The molecule has 1 N–H and O–H groups in total. The van der Waals surface area contributed by atoms with Crippen LogP contribution in [-0.2, 0) is 0 Å². The van der Waals surface area contributed by atoms with Crippen LogP contribution < -0.4 is 5.32 Å². The standard InChI is InChI=1S/C16H33N/c1-7-13(3)10-9-11-15(5)16(6)17-12-14(4)8-2/h8,13,15-17H,7,9-12H2,1-6H3. The van der Waals surface area contributed by atoms with E-state index < -0.39 is 0 Å². The minimum absolute atomic E-state index is 0.627. The smallest absolute Gasteiger partial charge is 0.0164 e. The second-order valence-corrected chi connectivity index (χ2v) is 5.73. The lowest BCUT2D eigenvalue weighted by Crippen LogP contribution is -2.33. The Bertz CT molecular complexity index is 208. The predicted molar refractivity (Wildman–Crippen MR) is 79.4 cm³/mol. The summed E-state index contributed by atoms with van der Waals surface area (Å²) in [4.78, 5) is 0. The SMILES string of the molecule is CC=C(C)CNC(C)C(C)CCCC(C)CC. The fourth-order valence-electron chi connectivity index (χ4n) is 1.87. The van der Waals surface area contributed by atoms with Gasteiger partial charge in [-0.15, -0.1) is 0 Å². The Balaban J connectivity index is 3.70. The van der Waals surface area contributed by atoms with E-state index in [2.05, 4.69) is 52.9 Å². The van der Waals surface area contributed by atoms with Gasteiger partial charge in [-0.1, -0.05) is 51.7 Å². The van der Waals surface area contributed by atoms with Gasteiger partial charge in [-0.2, -0.15) is 0 Å². The number of rotatable bonds is 9. The summed E-state index contributed by atoms with van der Waals surface area (Å²) in [6, 6.07) is 0.627. The van der Waals surface area contributed by atoms with Crippen molar-refractivity contribution in [2.45, 2.75) is 73.3 Å². The van der Waals surface area contributed by atoms with Crippen molar-refractivity contribution in [1.82, 2.24) is 5.32 Å². The molecule has 3 atom stereocenters. The Morgan fingerprint density at radius 2 is 1.82 bits per heavy atom. The lowest BCUT2D eigenvalue weighted by atomic mass is 9.93. The fraction of sp³-hybridized carbons (Fsp3) is 0.875. The molecule has 0 aliphatic rings. The fourth-order valence-corrected chi connectivity index (χ4v) is 1.87. The van der Waals surface area contributed by atoms with Crippen molar-refractivity contribution in [3.05, 3.63) is 11.6 Å². The van der Waals surface area contributed by atoms with Crippen molar-refractivity contribution in [3.8, 4) is 0 Å². The van der Waals surface area contributed by atoms with Gasteiger partial charge in [-0.25, -0.2) is 0 Å². The highest BCUT2D eigenvalue weighted by molar-refractivity contribution is 4.98. The van der Waals surface area contributed by atoms with E-state index in [4.69, 9.17) is 0 Å². The van der Waals surface area contributed by atoms with Gasteiger partial charge in [0.05, 0.1) is 0 Å². The normalized spacial score (nSPS) is 17.9. The van der Waals surface area contributed by atoms with E-state index in [0.29, 0.717) is 6.04 Å². The summed E-state index contributed by atoms with van der Waals surface area (Å²) in [5.41, 5.74) is 1.43. The van der Waals surface area contributed by atoms with Crippen LogP contribution in [0.3, 0.4) is 0 Å². The molecule has 17 heavy (non-hydrogen) atoms. The molecule has 0 saturated heterocycles. The van der Waals surface area contributed by atoms with Crippen molar-refractivity contribution in [2.75, 3.05) is 6.54 Å². The van der Waals surface area contributed by atoms with Gasteiger partial charge in [-0.05, 0) is 39.0 Å². The summed E-state index contributed by atoms with van der Waals surface area (Å²) in [7, 11) is 0. The Labute approximate surface area is 109 Å². The Morgan fingerprint density at radius 3 is 2.35 bits per heavy atom. The number of nitrogens with one attached hydrogen (secondary N) is 1. The van der Waals surface area contributed by atoms with Crippen LogP contribution in [0.15, 0.2) is 11.6 Å². The molecule has 0 radical (unpaired) electrons. The van der Waals surface area contributed by atoms with Gasteiger partial charge in [0.1, 0.15) is 0 Å². The number of hydrogen-bond acceptors (Lipinski definition) is 1. The summed E-state index contributed by atoms with van der Waals surface area (Å²) in [6.07, 6.45) is 7.63. The van der Waals surface area contributed by atoms with Crippen LogP contribution in [0.25, 0.3) is 0 Å². The molecular weight excluding hydrogens is 206 g/mol. The minimum Gasteiger partial charge on any atom is -0.310 e.